The fourth-order valence-electron chi connectivity index (χ4n) is 1.41. The summed E-state index contributed by atoms with van der Waals surface area (Å²) in [5, 5.41) is 10.7. The molecule has 0 fully saturated rings. The topological polar surface area (TPSA) is 65.3 Å². The van der Waals surface area contributed by atoms with Crippen molar-refractivity contribution in [2.24, 2.45) is 0 Å². The maximum atomic E-state index is 10.7. The second-order valence-corrected chi connectivity index (χ2v) is 4.45. The molecular weight excluding hydrogens is 300 g/mol. The van der Waals surface area contributed by atoms with Crippen LogP contribution >= 0.6 is 15.9 Å². The summed E-state index contributed by atoms with van der Waals surface area (Å²) in [6.45, 7) is 1.65. The fraction of sp³-hybridized carbons (Fsp3) is 0.0833. The minimum absolute atomic E-state index is 0.0190. The summed E-state index contributed by atoms with van der Waals surface area (Å²) in [5.74, 6) is 0.934. The van der Waals surface area contributed by atoms with Crippen LogP contribution in [0.15, 0.2) is 41.0 Å². The van der Waals surface area contributed by atoms with Crippen molar-refractivity contribution in [2.75, 3.05) is 0 Å². The quantitative estimate of drug-likeness (QED) is 0.638. The van der Waals surface area contributed by atoms with Crippen molar-refractivity contribution in [1.29, 1.82) is 0 Å². The average molecular weight is 309 g/mol. The number of para-hydroxylation sites is 1. The summed E-state index contributed by atoms with van der Waals surface area (Å²) in [7, 11) is 0. The molecule has 1 heterocycles. The van der Waals surface area contributed by atoms with E-state index in [2.05, 4.69) is 20.9 Å². The number of hydrogen-bond acceptors (Lipinski definition) is 4. The lowest BCUT2D eigenvalue weighted by Crippen LogP contribution is -1.95. The Kier molecular flexibility index (Phi) is 3.57. The normalized spacial score (nSPS) is 10.1. The Morgan fingerprint density at radius 1 is 1.39 bits per heavy atom. The Morgan fingerprint density at radius 2 is 2.11 bits per heavy atom. The van der Waals surface area contributed by atoms with Gasteiger partial charge < -0.3 is 4.74 Å². The van der Waals surface area contributed by atoms with Crippen LogP contribution in [0.25, 0.3) is 0 Å². The van der Waals surface area contributed by atoms with Crippen molar-refractivity contribution in [2.45, 2.75) is 6.92 Å². The summed E-state index contributed by atoms with van der Waals surface area (Å²) >= 11 is 3.35. The van der Waals surface area contributed by atoms with E-state index in [1.54, 1.807) is 13.0 Å². The first-order valence-corrected chi connectivity index (χ1v) is 5.90. The zero-order valence-corrected chi connectivity index (χ0v) is 11.0. The maximum Gasteiger partial charge on any atom is 0.290 e. The maximum absolute atomic E-state index is 10.7. The highest BCUT2D eigenvalue weighted by atomic mass is 79.9. The van der Waals surface area contributed by atoms with Crippen LogP contribution in [0.5, 0.6) is 11.6 Å². The van der Waals surface area contributed by atoms with Crippen molar-refractivity contribution < 1.29 is 9.66 Å². The minimum Gasteiger partial charge on any atom is -0.438 e. The van der Waals surface area contributed by atoms with Crippen LogP contribution in [0.3, 0.4) is 0 Å². The van der Waals surface area contributed by atoms with E-state index < -0.39 is 4.92 Å². The molecule has 0 amide bonds. The number of hydrogen-bond donors (Lipinski definition) is 0. The first kappa shape index (κ1) is 12.5. The molecule has 0 spiro atoms. The number of ether oxygens (including phenoxy) is 1. The summed E-state index contributed by atoms with van der Waals surface area (Å²) in [6.07, 6.45) is 1.20. The fourth-order valence-corrected chi connectivity index (χ4v) is 1.78. The van der Waals surface area contributed by atoms with Crippen LogP contribution in [0.4, 0.5) is 5.69 Å². The highest BCUT2D eigenvalue weighted by Crippen LogP contribution is 2.29. The molecule has 1 aromatic heterocycles. The number of aryl methyl sites for hydroxylation is 1. The van der Waals surface area contributed by atoms with Gasteiger partial charge in [0.25, 0.3) is 5.69 Å². The van der Waals surface area contributed by atoms with Gasteiger partial charge in [-0.15, -0.1) is 0 Å². The Bertz CT molecular complexity index is 602. The lowest BCUT2D eigenvalue weighted by atomic mass is 10.2. The number of rotatable bonds is 3. The van der Waals surface area contributed by atoms with Crippen molar-refractivity contribution in [3.05, 3.63) is 56.7 Å². The number of nitrogens with zero attached hydrogens (tertiary/aromatic N) is 2. The molecule has 0 atom stereocenters. The summed E-state index contributed by atoms with van der Waals surface area (Å²) in [4.78, 5) is 14.1. The standard InChI is InChI=1S/C12H9BrN2O3/c1-8-6-12(14-7-10(8)15(16)17)18-11-5-3-2-4-9(11)13/h2-7H,1H3. The van der Waals surface area contributed by atoms with E-state index in [0.29, 0.717) is 17.2 Å². The van der Waals surface area contributed by atoms with Gasteiger partial charge in [-0.1, -0.05) is 12.1 Å². The van der Waals surface area contributed by atoms with Gasteiger partial charge in [0.1, 0.15) is 11.9 Å². The Balaban J connectivity index is 2.29. The summed E-state index contributed by atoms with van der Waals surface area (Å²) in [5.41, 5.74) is 0.492. The molecule has 0 saturated heterocycles. The molecule has 0 aliphatic heterocycles. The second kappa shape index (κ2) is 5.14. The minimum atomic E-state index is -0.468. The van der Waals surface area contributed by atoms with Crippen LogP contribution < -0.4 is 4.74 Å². The van der Waals surface area contributed by atoms with E-state index in [-0.39, 0.29) is 5.69 Å². The van der Waals surface area contributed by atoms with Crippen molar-refractivity contribution >= 4 is 21.6 Å². The molecule has 2 aromatic rings. The predicted octanol–water partition coefficient (Wildman–Crippen LogP) is 3.85. The number of benzene rings is 1. The van der Waals surface area contributed by atoms with Crippen LogP contribution in [0, 0.1) is 17.0 Å². The summed E-state index contributed by atoms with van der Waals surface area (Å²) < 4.78 is 6.34. The summed E-state index contributed by atoms with van der Waals surface area (Å²) in [6, 6.07) is 8.86. The first-order valence-electron chi connectivity index (χ1n) is 5.11. The van der Waals surface area contributed by atoms with E-state index >= 15 is 0 Å². The van der Waals surface area contributed by atoms with Gasteiger partial charge in [0, 0.05) is 11.6 Å². The van der Waals surface area contributed by atoms with E-state index in [1.165, 1.54) is 12.3 Å². The van der Waals surface area contributed by atoms with Crippen LogP contribution in [0.2, 0.25) is 0 Å². The molecule has 6 heteroatoms. The molecule has 18 heavy (non-hydrogen) atoms. The number of pyridine rings is 1. The molecule has 0 aliphatic rings. The molecule has 0 radical (unpaired) electrons. The van der Waals surface area contributed by atoms with Gasteiger partial charge in [-0.25, -0.2) is 4.98 Å². The number of halogens is 1. The van der Waals surface area contributed by atoms with E-state index in [1.807, 2.05) is 18.2 Å². The Morgan fingerprint density at radius 3 is 2.72 bits per heavy atom. The van der Waals surface area contributed by atoms with Gasteiger partial charge in [0.15, 0.2) is 0 Å². The molecule has 2 rings (SSSR count). The van der Waals surface area contributed by atoms with Gasteiger partial charge in [-0.2, -0.15) is 0 Å². The van der Waals surface area contributed by atoms with Crippen molar-refractivity contribution in [3.63, 3.8) is 0 Å². The van der Waals surface area contributed by atoms with Crippen molar-refractivity contribution in [1.82, 2.24) is 4.98 Å². The Hall–Kier alpha value is -1.95. The molecule has 0 unspecified atom stereocenters. The molecular formula is C12H9BrN2O3. The molecule has 1 aromatic carbocycles. The van der Waals surface area contributed by atoms with Crippen molar-refractivity contribution in [3.8, 4) is 11.6 Å². The molecule has 0 bridgehead atoms. The lowest BCUT2D eigenvalue weighted by Gasteiger charge is -2.06. The first-order chi connectivity index (χ1) is 8.58. The number of aromatic nitrogens is 1. The smallest absolute Gasteiger partial charge is 0.290 e. The molecule has 0 N–H and O–H groups in total. The Labute approximate surface area is 112 Å². The monoisotopic (exact) mass is 308 g/mol. The van der Waals surface area contributed by atoms with E-state index in [0.717, 1.165) is 4.47 Å². The average Bonchev–Trinajstić information content (AvgIpc) is 2.32. The van der Waals surface area contributed by atoms with Crippen LogP contribution in [-0.4, -0.2) is 9.91 Å². The second-order valence-electron chi connectivity index (χ2n) is 3.60. The highest BCUT2D eigenvalue weighted by molar-refractivity contribution is 9.10. The molecule has 0 aliphatic carbocycles. The van der Waals surface area contributed by atoms with Gasteiger partial charge in [-0.05, 0) is 35.0 Å². The third-order valence-corrected chi connectivity index (χ3v) is 2.96. The third-order valence-electron chi connectivity index (χ3n) is 2.31. The predicted molar refractivity (Wildman–Crippen MR) is 69.8 cm³/mol. The SMILES string of the molecule is Cc1cc(Oc2ccccc2Br)ncc1[N+](=O)[O-]. The van der Waals surface area contributed by atoms with E-state index in [4.69, 9.17) is 4.74 Å². The van der Waals surface area contributed by atoms with Gasteiger partial charge in [0.2, 0.25) is 5.88 Å². The molecule has 92 valence electrons. The number of nitro groups is 1. The third kappa shape index (κ3) is 2.65. The van der Waals surface area contributed by atoms with Crippen LogP contribution in [-0.2, 0) is 0 Å². The largest absolute Gasteiger partial charge is 0.438 e. The van der Waals surface area contributed by atoms with Gasteiger partial charge in [-0.3, -0.25) is 10.1 Å². The van der Waals surface area contributed by atoms with Gasteiger partial charge in [0.05, 0.1) is 9.40 Å². The molecule has 0 saturated carbocycles. The highest BCUT2D eigenvalue weighted by Gasteiger charge is 2.12. The van der Waals surface area contributed by atoms with Gasteiger partial charge >= 0.3 is 0 Å². The molecule has 5 nitrogen and oxygen atoms in total. The lowest BCUT2D eigenvalue weighted by molar-refractivity contribution is -0.385. The zero-order valence-electron chi connectivity index (χ0n) is 9.46. The van der Waals surface area contributed by atoms with E-state index in [9.17, 15) is 10.1 Å². The zero-order chi connectivity index (χ0) is 13.1. The van der Waals surface area contributed by atoms with Crippen LogP contribution in [0.1, 0.15) is 5.56 Å².